The minimum Gasteiger partial charge on any atom is -0.488 e. The lowest BCUT2D eigenvalue weighted by molar-refractivity contribution is -0.182. The molecule has 3 amide bonds. The molecule has 3 aliphatic heterocycles. The van der Waals surface area contributed by atoms with Crippen LogP contribution >= 0.6 is 0 Å². The van der Waals surface area contributed by atoms with Gasteiger partial charge in [0.2, 0.25) is 11.8 Å². The first-order valence-corrected chi connectivity index (χ1v) is 12.3. The van der Waals surface area contributed by atoms with Gasteiger partial charge in [-0.1, -0.05) is 24.3 Å². The van der Waals surface area contributed by atoms with E-state index in [2.05, 4.69) is 4.90 Å². The molecule has 202 valence electrons. The molecular weight excluding hydrogens is 489 g/mol. The van der Waals surface area contributed by atoms with Crippen LogP contribution in [0.4, 0.5) is 4.39 Å². The van der Waals surface area contributed by atoms with E-state index in [0.717, 1.165) is 0 Å². The maximum Gasteiger partial charge on any atom is 0.255 e. The number of morpholine rings is 1. The van der Waals surface area contributed by atoms with Gasteiger partial charge in [0.1, 0.15) is 24.2 Å². The Kier molecular flexibility index (Phi) is 5.08. The molecule has 2 saturated heterocycles. The number of hydrogen-bond acceptors (Lipinski definition) is 6. The minimum absolute atomic E-state index is 0.138. The smallest absolute Gasteiger partial charge is 0.255 e. The summed E-state index contributed by atoms with van der Waals surface area (Å²) in [6, 6.07) is 6.61. The Bertz CT molecular complexity index is 1530. The molecule has 0 bridgehead atoms. The number of benzene rings is 2. The number of carbonyl (C=O) groups excluding carboxylic acids is 3. The molecule has 2 aromatic carbocycles. The maximum atomic E-state index is 15.7. The average Bonchev–Trinajstić information content (AvgIpc) is 3.07. The van der Waals surface area contributed by atoms with Crippen molar-refractivity contribution in [2.24, 2.45) is 0 Å². The van der Waals surface area contributed by atoms with Crippen molar-refractivity contribution in [3.63, 3.8) is 0 Å². The minimum atomic E-state index is -3.27. The van der Waals surface area contributed by atoms with Gasteiger partial charge in [-0.3, -0.25) is 24.6 Å². The number of fused-ring (bicyclic) bond motifs is 1. The summed E-state index contributed by atoms with van der Waals surface area (Å²) in [5.74, 6) is -4.60. The summed E-state index contributed by atoms with van der Waals surface area (Å²) in [4.78, 5) is 40.7. The van der Waals surface area contributed by atoms with Gasteiger partial charge in [-0.25, -0.2) is 4.39 Å². The largest absolute Gasteiger partial charge is 0.488 e. The number of halogens is 1. The Hall–Kier alpha value is -3.30. The molecule has 3 heterocycles. The molecule has 5 rings (SSSR count). The molecule has 3 aliphatic rings. The highest BCUT2D eigenvalue weighted by Gasteiger charge is 2.40. The van der Waals surface area contributed by atoms with Crippen molar-refractivity contribution in [3.8, 4) is 5.75 Å². The summed E-state index contributed by atoms with van der Waals surface area (Å²) >= 11 is 0. The second-order valence-corrected chi connectivity index (χ2v) is 10.9. The van der Waals surface area contributed by atoms with E-state index in [9.17, 15) is 14.4 Å². The fraction of sp³-hybridized carbons (Fsp3) is 0.483. The van der Waals surface area contributed by atoms with Gasteiger partial charge in [0, 0.05) is 53.7 Å². The van der Waals surface area contributed by atoms with Crippen molar-refractivity contribution in [3.05, 3.63) is 64.5 Å². The van der Waals surface area contributed by atoms with E-state index < -0.39 is 60.0 Å². The van der Waals surface area contributed by atoms with E-state index in [1.54, 1.807) is 17.4 Å². The summed E-state index contributed by atoms with van der Waals surface area (Å²) in [5.41, 5.74) is -0.784. The lowest BCUT2D eigenvalue weighted by atomic mass is 9.98. The Labute approximate surface area is 230 Å². The van der Waals surface area contributed by atoms with Crippen molar-refractivity contribution in [2.45, 2.75) is 77.3 Å². The van der Waals surface area contributed by atoms with Gasteiger partial charge in [-0.15, -0.1) is 0 Å². The quantitative estimate of drug-likeness (QED) is 0.576. The monoisotopic (exact) mass is 529 g/mol. The molecule has 1 unspecified atom stereocenters. The van der Waals surface area contributed by atoms with E-state index in [0.29, 0.717) is 30.1 Å². The molecule has 1 atom stereocenters. The number of imide groups is 1. The molecule has 8 nitrogen and oxygen atoms in total. The maximum absolute atomic E-state index is 15.7. The number of piperidine rings is 1. The number of carbonyl (C=O) groups is 3. The van der Waals surface area contributed by atoms with Crippen LogP contribution in [-0.4, -0.2) is 57.9 Å². The predicted octanol–water partition coefficient (Wildman–Crippen LogP) is 3.56. The van der Waals surface area contributed by atoms with Gasteiger partial charge in [-0.05, 0) is 46.2 Å². The zero-order valence-electron chi connectivity index (χ0n) is 27.7. The van der Waals surface area contributed by atoms with Crippen LogP contribution in [0.25, 0.3) is 0 Å². The Morgan fingerprint density at radius 2 is 1.76 bits per heavy atom. The summed E-state index contributed by atoms with van der Waals surface area (Å²) in [7, 11) is 0. The lowest BCUT2D eigenvalue weighted by Gasteiger charge is -2.47. The van der Waals surface area contributed by atoms with Crippen LogP contribution in [0.2, 0.25) is 0 Å². The number of hydrogen-bond donors (Lipinski definition) is 1. The topological polar surface area (TPSA) is 88.2 Å². The molecule has 38 heavy (non-hydrogen) atoms. The Morgan fingerprint density at radius 1 is 1.08 bits per heavy atom. The second kappa shape index (κ2) is 9.78. The lowest BCUT2D eigenvalue weighted by Crippen LogP contribution is -2.56. The van der Waals surface area contributed by atoms with E-state index in [1.807, 2.05) is 27.7 Å². The molecule has 0 radical (unpaired) electrons. The summed E-state index contributed by atoms with van der Waals surface area (Å²) < 4.78 is 77.7. The first-order chi connectivity index (χ1) is 20.2. The van der Waals surface area contributed by atoms with Gasteiger partial charge < -0.3 is 14.4 Å². The number of ether oxygens (including phenoxy) is 2. The van der Waals surface area contributed by atoms with Crippen LogP contribution in [-0.2, 0) is 34.0 Å². The molecule has 9 heteroatoms. The highest BCUT2D eigenvalue weighted by molar-refractivity contribution is 6.05. The van der Waals surface area contributed by atoms with Crippen LogP contribution in [0.1, 0.15) is 75.7 Å². The fourth-order valence-corrected chi connectivity index (χ4v) is 5.34. The van der Waals surface area contributed by atoms with Gasteiger partial charge >= 0.3 is 0 Å². The summed E-state index contributed by atoms with van der Waals surface area (Å²) in [6.45, 7) is 6.25. The van der Waals surface area contributed by atoms with Crippen molar-refractivity contribution < 1.29 is 36.5 Å². The van der Waals surface area contributed by atoms with Crippen molar-refractivity contribution in [1.82, 2.24) is 15.1 Å². The average molecular weight is 530 g/mol. The van der Waals surface area contributed by atoms with Crippen LogP contribution < -0.4 is 10.1 Å². The number of amides is 3. The third-order valence-corrected chi connectivity index (χ3v) is 6.47. The molecule has 0 spiro atoms. The van der Waals surface area contributed by atoms with Crippen LogP contribution in [0, 0.1) is 5.82 Å². The van der Waals surface area contributed by atoms with Gasteiger partial charge in [-0.2, -0.15) is 0 Å². The highest BCUT2D eigenvalue weighted by atomic mass is 19.1. The van der Waals surface area contributed by atoms with Crippen molar-refractivity contribution >= 4 is 17.7 Å². The normalized spacial score (nSPS) is 29.1. The highest BCUT2D eigenvalue weighted by Crippen LogP contribution is 2.34. The van der Waals surface area contributed by atoms with Gasteiger partial charge in [0.25, 0.3) is 5.91 Å². The number of nitrogens with one attached hydrogen (secondary N) is 1. The van der Waals surface area contributed by atoms with Crippen molar-refractivity contribution in [2.75, 3.05) is 13.1 Å². The van der Waals surface area contributed by atoms with Gasteiger partial charge in [0.05, 0.1) is 20.4 Å². The van der Waals surface area contributed by atoms with E-state index in [4.69, 9.17) is 17.7 Å². The van der Waals surface area contributed by atoms with Gasteiger partial charge in [0.15, 0.2) is 0 Å². The first-order valence-electron chi connectivity index (χ1n) is 15.3. The molecule has 0 aliphatic carbocycles. The van der Waals surface area contributed by atoms with Crippen LogP contribution in [0.3, 0.4) is 0 Å². The Morgan fingerprint density at radius 3 is 2.50 bits per heavy atom. The third kappa shape index (κ3) is 5.31. The standard InChI is InChI=1S/C29H34FN3O5/c1-28(2)16-32(17-29(3,4)38-28)13-18-7-5-8-19(25(18)30)15-37-23-10-6-9-20-21(23)14-33(27(20)36)22-11-12-24(34)31-26(22)35/h5-10,22H,11-17H2,1-4H3,(H,31,34,35)/i11D2,12D2,14D2. The predicted molar refractivity (Wildman–Crippen MR) is 138 cm³/mol. The van der Waals surface area contributed by atoms with Crippen LogP contribution in [0.5, 0.6) is 5.75 Å². The molecular formula is C29H34FN3O5. The first kappa shape index (κ1) is 19.7. The molecule has 1 N–H and O–H groups in total. The second-order valence-electron chi connectivity index (χ2n) is 10.9. The fourth-order valence-electron chi connectivity index (χ4n) is 5.34. The molecule has 0 aromatic heterocycles. The third-order valence-electron chi connectivity index (χ3n) is 6.47. The SMILES string of the molecule is [2H]C1([2H])c2c(OCc3cccc(CN4CC(C)(C)OC(C)(C)C4)c3F)cccc2C(=O)N1C1C(=O)NC(=O)C([2H])([2H])C1([2H])[2H]. The molecule has 0 saturated carbocycles. The molecule has 2 aromatic rings. The van der Waals surface area contributed by atoms with E-state index in [-0.39, 0.29) is 29.0 Å². The van der Waals surface area contributed by atoms with Crippen molar-refractivity contribution in [1.29, 1.82) is 0 Å². The summed E-state index contributed by atoms with van der Waals surface area (Å²) in [5, 5.41) is 1.71. The Balaban J connectivity index is 1.41. The van der Waals surface area contributed by atoms with Crippen LogP contribution in [0.15, 0.2) is 36.4 Å². The number of nitrogens with zero attached hydrogens (tertiary/aromatic N) is 2. The summed E-state index contributed by atoms with van der Waals surface area (Å²) in [6.07, 6.45) is -6.52. The van der Waals surface area contributed by atoms with E-state index in [1.165, 1.54) is 24.3 Å². The van der Waals surface area contributed by atoms with E-state index >= 15 is 4.39 Å². The zero-order valence-corrected chi connectivity index (χ0v) is 21.7. The number of rotatable bonds is 6. The zero-order chi connectivity index (χ0) is 32.6. The molecule has 2 fully saturated rings.